The van der Waals surface area contributed by atoms with Crippen LogP contribution in [-0.4, -0.2) is 40.2 Å². The second kappa shape index (κ2) is 9.83. The lowest BCUT2D eigenvalue weighted by molar-refractivity contribution is -0.159. The minimum absolute atomic E-state index is 0.0350. The van der Waals surface area contributed by atoms with E-state index in [1.807, 2.05) is 29.2 Å². The van der Waals surface area contributed by atoms with Gasteiger partial charge in [-0.05, 0) is 60.4 Å². The van der Waals surface area contributed by atoms with Crippen molar-refractivity contribution in [1.82, 2.24) is 9.88 Å². The lowest BCUT2D eigenvalue weighted by atomic mass is 9.85. The Bertz CT molecular complexity index is 1290. The number of halogens is 4. The van der Waals surface area contributed by atoms with Gasteiger partial charge in [0.15, 0.2) is 0 Å². The lowest BCUT2D eigenvalue weighted by Gasteiger charge is -2.41. The monoisotopic (exact) mass is 548 g/mol. The van der Waals surface area contributed by atoms with E-state index >= 15 is 0 Å². The average molecular weight is 549 g/mol. The maximum Gasteiger partial charge on any atom is 0.394 e. The predicted molar refractivity (Wildman–Crippen MR) is 134 cm³/mol. The summed E-state index contributed by atoms with van der Waals surface area (Å²) in [6, 6.07) is 13.9. The van der Waals surface area contributed by atoms with E-state index in [2.05, 4.69) is 9.72 Å². The summed E-state index contributed by atoms with van der Waals surface area (Å²) in [7, 11) is 0. The first-order valence-electron chi connectivity index (χ1n) is 11.8. The molecule has 6 nitrogen and oxygen atoms in total. The molecule has 0 bridgehead atoms. The van der Waals surface area contributed by atoms with Gasteiger partial charge in [0, 0.05) is 41.8 Å². The van der Waals surface area contributed by atoms with Crippen molar-refractivity contribution >= 4 is 29.2 Å². The minimum Gasteiger partial charge on any atom is -0.480 e. The molecule has 0 saturated carbocycles. The van der Waals surface area contributed by atoms with E-state index in [9.17, 15) is 18.7 Å². The largest absolute Gasteiger partial charge is 0.480 e. The maximum absolute atomic E-state index is 13.2. The SMILES string of the molecule is CC(F)(F)Oc1ccc(C(C(=O)O)N2CCC3(CC2)OC(c2cc(Cl)cc(Cl)c2)c2cccnc23)cc1. The van der Waals surface area contributed by atoms with Gasteiger partial charge in [0.2, 0.25) is 0 Å². The number of hydrogen-bond donors (Lipinski definition) is 1. The Morgan fingerprint density at radius 3 is 2.41 bits per heavy atom. The van der Waals surface area contributed by atoms with E-state index in [-0.39, 0.29) is 5.75 Å². The van der Waals surface area contributed by atoms with Crippen LogP contribution in [0.1, 0.15) is 54.3 Å². The molecule has 0 aliphatic carbocycles. The Balaban J connectivity index is 1.37. The number of ether oxygens (including phenoxy) is 2. The molecule has 1 N–H and O–H groups in total. The molecule has 0 amide bonds. The Hall–Kier alpha value is -2.78. The van der Waals surface area contributed by atoms with Gasteiger partial charge in [-0.2, -0.15) is 8.78 Å². The van der Waals surface area contributed by atoms with Crippen LogP contribution in [0.4, 0.5) is 8.78 Å². The van der Waals surface area contributed by atoms with Gasteiger partial charge in [-0.25, -0.2) is 0 Å². The maximum atomic E-state index is 13.2. The number of carbonyl (C=O) groups is 1. The van der Waals surface area contributed by atoms with Crippen LogP contribution >= 0.6 is 23.2 Å². The molecule has 194 valence electrons. The third-order valence-corrected chi connectivity index (χ3v) is 7.22. The highest BCUT2D eigenvalue weighted by molar-refractivity contribution is 6.34. The van der Waals surface area contributed by atoms with Gasteiger partial charge in [-0.15, -0.1) is 0 Å². The van der Waals surface area contributed by atoms with E-state index in [4.69, 9.17) is 27.9 Å². The highest BCUT2D eigenvalue weighted by atomic mass is 35.5. The summed E-state index contributed by atoms with van der Waals surface area (Å²) in [5.41, 5.74) is 2.40. The highest BCUT2D eigenvalue weighted by Crippen LogP contribution is 2.51. The van der Waals surface area contributed by atoms with Crippen LogP contribution in [0.3, 0.4) is 0 Å². The van der Waals surface area contributed by atoms with Crippen LogP contribution in [0.25, 0.3) is 0 Å². The molecule has 1 spiro atoms. The van der Waals surface area contributed by atoms with Crippen molar-refractivity contribution in [3.8, 4) is 5.75 Å². The first-order chi connectivity index (χ1) is 17.5. The Labute approximate surface area is 222 Å². The van der Waals surface area contributed by atoms with Crippen LogP contribution < -0.4 is 4.74 Å². The number of likely N-dealkylation sites (tertiary alicyclic amines) is 1. The summed E-state index contributed by atoms with van der Waals surface area (Å²) in [5, 5.41) is 11.1. The summed E-state index contributed by atoms with van der Waals surface area (Å²) < 4.78 is 37.6. The van der Waals surface area contributed by atoms with Gasteiger partial charge in [0.25, 0.3) is 0 Å². The molecular formula is C27H24Cl2F2N2O4. The molecule has 10 heteroatoms. The van der Waals surface area contributed by atoms with Gasteiger partial charge in [0.05, 0.1) is 5.69 Å². The van der Waals surface area contributed by atoms with Crippen LogP contribution in [0.2, 0.25) is 10.0 Å². The predicted octanol–water partition coefficient (Wildman–Crippen LogP) is 6.62. The summed E-state index contributed by atoms with van der Waals surface area (Å²) in [4.78, 5) is 18.8. The van der Waals surface area contributed by atoms with Crippen molar-refractivity contribution in [2.45, 2.75) is 43.6 Å². The van der Waals surface area contributed by atoms with Gasteiger partial charge < -0.3 is 14.6 Å². The fourth-order valence-corrected chi connectivity index (χ4v) is 5.80. The molecule has 2 aliphatic heterocycles. The summed E-state index contributed by atoms with van der Waals surface area (Å²) in [5.74, 6) is -1.06. The molecule has 0 radical (unpaired) electrons. The number of benzene rings is 2. The lowest BCUT2D eigenvalue weighted by Crippen LogP contribution is -2.46. The molecule has 5 rings (SSSR count). The summed E-state index contributed by atoms with van der Waals surface area (Å²) >= 11 is 12.5. The molecule has 37 heavy (non-hydrogen) atoms. The number of hydrogen-bond acceptors (Lipinski definition) is 5. The fraction of sp³-hybridized carbons (Fsp3) is 0.333. The second-order valence-corrected chi connectivity index (χ2v) is 10.3. The second-order valence-electron chi connectivity index (χ2n) is 9.39. The van der Waals surface area contributed by atoms with E-state index in [0.717, 1.165) is 16.8 Å². The highest BCUT2D eigenvalue weighted by Gasteiger charge is 2.49. The standard InChI is InChI=1S/C27H24Cl2F2N2O4/c1-26(30,31)36-20-6-4-16(5-7-20)22(25(34)35)33-11-8-27(9-12-33)24-21(3-2-10-32-24)23(37-27)17-13-18(28)15-19(29)14-17/h2-7,10,13-15,22-23H,8-9,11-12H2,1H3,(H,34,35). The van der Waals surface area contributed by atoms with Crippen LogP contribution in [-0.2, 0) is 15.1 Å². The van der Waals surface area contributed by atoms with Crippen molar-refractivity contribution in [2.75, 3.05) is 13.1 Å². The van der Waals surface area contributed by atoms with Crippen molar-refractivity contribution in [3.63, 3.8) is 0 Å². The van der Waals surface area contributed by atoms with Crippen LogP contribution in [0, 0.1) is 0 Å². The number of carboxylic acids is 1. The third-order valence-electron chi connectivity index (χ3n) is 6.78. The molecule has 1 fully saturated rings. The number of alkyl halides is 2. The first-order valence-corrected chi connectivity index (χ1v) is 12.5. The molecule has 3 aromatic rings. The van der Waals surface area contributed by atoms with E-state index in [1.165, 1.54) is 24.3 Å². The molecule has 2 aromatic carbocycles. The van der Waals surface area contributed by atoms with Gasteiger partial charge in [0.1, 0.15) is 23.5 Å². The van der Waals surface area contributed by atoms with Crippen LogP contribution in [0.5, 0.6) is 5.75 Å². The number of rotatable bonds is 6. The van der Waals surface area contributed by atoms with E-state index in [0.29, 0.717) is 48.5 Å². The van der Waals surface area contributed by atoms with Crippen molar-refractivity contribution < 1.29 is 28.2 Å². The van der Waals surface area contributed by atoms with Crippen LogP contribution in [0.15, 0.2) is 60.8 Å². The van der Waals surface area contributed by atoms with E-state index < -0.39 is 29.8 Å². The topological polar surface area (TPSA) is 71.9 Å². The molecule has 2 aliphatic rings. The number of nitrogens with zero attached hydrogens (tertiary/aromatic N) is 2. The Morgan fingerprint density at radius 2 is 1.81 bits per heavy atom. The average Bonchev–Trinajstić information content (AvgIpc) is 3.14. The first kappa shape index (κ1) is 25.9. The van der Waals surface area contributed by atoms with Gasteiger partial charge in [-0.1, -0.05) is 41.4 Å². The zero-order chi connectivity index (χ0) is 26.4. The molecular weight excluding hydrogens is 525 g/mol. The normalized spacial score (nSPS) is 20.0. The molecule has 1 saturated heterocycles. The fourth-order valence-electron chi connectivity index (χ4n) is 5.26. The number of pyridine rings is 1. The van der Waals surface area contributed by atoms with Gasteiger partial charge in [-0.3, -0.25) is 14.7 Å². The number of fused-ring (bicyclic) bond motifs is 2. The van der Waals surface area contributed by atoms with Crippen molar-refractivity contribution in [1.29, 1.82) is 0 Å². The number of carboxylic acid groups (broad SMARTS) is 1. The van der Waals surface area contributed by atoms with Gasteiger partial charge >= 0.3 is 12.1 Å². The molecule has 3 heterocycles. The minimum atomic E-state index is -3.32. The quantitative estimate of drug-likeness (QED) is 0.373. The van der Waals surface area contributed by atoms with Crippen molar-refractivity contribution in [3.05, 3.63) is 93.2 Å². The smallest absolute Gasteiger partial charge is 0.394 e. The van der Waals surface area contributed by atoms with E-state index in [1.54, 1.807) is 12.3 Å². The molecule has 2 unspecified atom stereocenters. The third kappa shape index (κ3) is 5.29. The molecule has 2 atom stereocenters. The number of piperidine rings is 1. The van der Waals surface area contributed by atoms with Crippen molar-refractivity contribution in [2.24, 2.45) is 0 Å². The molecule has 1 aromatic heterocycles. The summed E-state index contributed by atoms with van der Waals surface area (Å²) in [6.45, 7) is 1.51. The zero-order valence-corrected chi connectivity index (χ0v) is 21.3. The Morgan fingerprint density at radius 1 is 1.16 bits per heavy atom. The zero-order valence-electron chi connectivity index (χ0n) is 19.8. The summed E-state index contributed by atoms with van der Waals surface area (Å²) in [6.07, 6.45) is -0.947. The number of aliphatic carboxylic acids is 1. The number of aromatic nitrogens is 1. The Kier molecular flexibility index (Phi) is 6.87.